The lowest BCUT2D eigenvalue weighted by atomic mass is 9.96. The van der Waals surface area contributed by atoms with Crippen LogP contribution in [0.25, 0.3) is 11.1 Å². The van der Waals surface area contributed by atoms with E-state index in [2.05, 4.69) is 35.3 Å². The summed E-state index contributed by atoms with van der Waals surface area (Å²) in [5.41, 5.74) is 4.11. The lowest BCUT2D eigenvalue weighted by Gasteiger charge is -2.35. The molecule has 4 nitrogen and oxygen atoms in total. The SMILES string of the molecule is CCNC(=O)c1cccc(-c2ccc3c(c2)OCC(N2CCCC2C)C3)c1. The number of hydrogen-bond acceptors (Lipinski definition) is 3. The molecule has 2 aliphatic rings. The molecule has 4 rings (SSSR count). The van der Waals surface area contributed by atoms with Crippen molar-refractivity contribution in [2.45, 2.75) is 45.2 Å². The van der Waals surface area contributed by atoms with Gasteiger partial charge in [-0.2, -0.15) is 0 Å². The first-order chi connectivity index (χ1) is 13.2. The maximum Gasteiger partial charge on any atom is 0.251 e. The fraction of sp³-hybridized carbons (Fsp3) is 0.435. The molecule has 0 radical (unpaired) electrons. The van der Waals surface area contributed by atoms with Gasteiger partial charge in [0.25, 0.3) is 5.91 Å². The molecule has 2 unspecified atom stereocenters. The molecule has 0 spiro atoms. The molecular formula is C23H28N2O2. The van der Waals surface area contributed by atoms with Crippen molar-refractivity contribution < 1.29 is 9.53 Å². The third-order valence-electron chi connectivity index (χ3n) is 5.82. The Kier molecular flexibility index (Phi) is 5.17. The van der Waals surface area contributed by atoms with Crippen LogP contribution in [-0.4, -0.2) is 42.6 Å². The summed E-state index contributed by atoms with van der Waals surface area (Å²) in [5, 5.41) is 2.86. The number of nitrogens with one attached hydrogen (secondary N) is 1. The summed E-state index contributed by atoms with van der Waals surface area (Å²) in [6.45, 7) is 6.84. The lowest BCUT2D eigenvalue weighted by Crippen LogP contribution is -2.44. The third-order valence-corrected chi connectivity index (χ3v) is 5.82. The van der Waals surface area contributed by atoms with Gasteiger partial charge in [0, 0.05) is 24.2 Å². The summed E-state index contributed by atoms with van der Waals surface area (Å²) in [4.78, 5) is 14.7. The van der Waals surface area contributed by atoms with Crippen molar-refractivity contribution in [3.63, 3.8) is 0 Å². The number of amides is 1. The number of carbonyl (C=O) groups is 1. The number of fused-ring (bicyclic) bond motifs is 1. The van der Waals surface area contributed by atoms with Crippen molar-refractivity contribution in [3.05, 3.63) is 53.6 Å². The van der Waals surface area contributed by atoms with Crippen LogP contribution < -0.4 is 10.1 Å². The normalized spacial score (nSPS) is 22.1. The van der Waals surface area contributed by atoms with Gasteiger partial charge in [0.1, 0.15) is 12.4 Å². The summed E-state index contributed by atoms with van der Waals surface area (Å²) in [5.74, 6) is 0.954. The van der Waals surface area contributed by atoms with Crippen molar-refractivity contribution in [2.75, 3.05) is 19.7 Å². The second-order valence-corrected chi connectivity index (χ2v) is 7.66. The standard InChI is InChI=1S/C23H28N2O2/c1-3-24-23(26)20-8-4-7-17(12-20)18-9-10-19-13-21(15-27-22(19)14-18)25-11-5-6-16(25)2/h4,7-10,12,14,16,21H,3,5-6,11,13,15H2,1-2H3,(H,24,26). The smallest absolute Gasteiger partial charge is 0.251 e. The predicted molar refractivity (Wildman–Crippen MR) is 108 cm³/mol. The molecule has 1 saturated heterocycles. The van der Waals surface area contributed by atoms with Gasteiger partial charge in [-0.3, -0.25) is 9.69 Å². The molecule has 2 aromatic carbocycles. The van der Waals surface area contributed by atoms with Crippen LogP contribution in [0.2, 0.25) is 0 Å². The molecule has 142 valence electrons. The van der Waals surface area contributed by atoms with E-state index in [0.717, 1.165) is 29.9 Å². The number of hydrogen-bond donors (Lipinski definition) is 1. The fourth-order valence-electron chi connectivity index (χ4n) is 4.35. The van der Waals surface area contributed by atoms with Crippen LogP contribution >= 0.6 is 0 Å². The highest BCUT2D eigenvalue weighted by Crippen LogP contribution is 2.33. The van der Waals surface area contributed by atoms with Crippen LogP contribution in [-0.2, 0) is 6.42 Å². The third kappa shape index (κ3) is 3.72. The average Bonchev–Trinajstić information content (AvgIpc) is 3.13. The van der Waals surface area contributed by atoms with E-state index in [9.17, 15) is 4.79 Å². The molecule has 0 saturated carbocycles. The van der Waals surface area contributed by atoms with E-state index in [1.807, 2.05) is 31.2 Å². The summed E-state index contributed by atoms with van der Waals surface area (Å²) in [7, 11) is 0. The largest absolute Gasteiger partial charge is 0.492 e. The fourth-order valence-corrected chi connectivity index (χ4v) is 4.35. The highest BCUT2D eigenvalue weighted by molar-refractivity contribution is 5.95. The van der Waals surface area contributed by atoms with Crippen LogP contribution in [0.1, 0.15) is 42.6 Å². The molecule has 2 aromatic rings. The van der Waals surface area contributed by atoms with Gasteiger partial charge in [0.15, 0.2) is 0 Å². The molecule has 0 bridgehead atoms. The maximum atomic E-state index is 12.1. The van der Waals surface area contributed by atoms with Crippen LogP contribution in [0.5, 0.6) is 5.75 Å². The van der Waals surface area contributed by atoms with Crippen LogP contribution in [0.15, 0.2) is 42.5 Å². The molecular weight excluding hydrogens is 336 g/mol. The molecule has 2 atom stereocenters. The van der Waals surface area contributed by atoms with Gasteiger partial charge in [-0.25, -0.2) is 0 Å². The van der Waals surface area contributed by atoms with Crippen LogP contribution in [0.4, 0.5) is 0 Å². The minimum absolute atomic E-state index is 0.0314. The van der Waals surface area contributed by atoms with Gasteiger partial charge < -0.3 is 10.1 Å². The molecule has 2 aliphatic heterocycles. The van der Waals surface area contributed by atoms with E-state index in [0.29, 0.717) is 24.2 Å². The van der Waals surface area contributed by atoms with Crippen LogP contribution in [0, 0.1) is 0 Å². The Bertz CT molecular complexity index is 833. The minimum Gasteiger partial charge on any atom is -0.492 e. The summed E-state index contributed by atoms with van der Waals surface area (Å²) in [6, 6.07) is 15.4. The second kappa shape index (κ2) is 7.73. The molecule has 2 heterocycles. The van der Waals surface area contributed by atoms with E-state index in [-0.39, 0.29) is 5.91 Å². The average molecular weight is 364 g/mol. The first-order valence-electron chi connectivity index (χ1n) is 10.1. The zero-order valence-electron chi connectivity index (χ0n) is 16.2. The molecule has 1 fully saturated rings. The first-order valence-corrected chi connectivity index (χ1v) is 10.1. The molecule has 27 heavy (non-hydrogen) atoms. The van der Waals surface area contributed by atoms with Crippen molar-refractivity contribution in [1.82, 2.24) is 10.2 Å². The highest BCUT2D eigenvalue weighted by Gasteiger charge is 2.31. The number of carbonyl (C=O) groups excluding carboxylic acids is 1. The van der Waals surface area contributed by atoms with Gasteiger partial charge in [0.05, 0.1) is 0 Å². The van der Waals surface area contributed by atoms with E-state index < -0.39 is 0 Å². The number of nitrogens with zero attached hydrogens (tertiary/aromatic N) is 1. The Morgan fingerprint density at radius 3 is 2.85 bits per heavy atom. The monoisotopic (exact) mass is 364 g/mol. The zero-order valence-corrected chi connectivity index (χ0v) is 16.2. The lowest BCUT2D eigenvalue weighted by molar-refractivity contribution is 0.0956. The maximum absolute atomic E-state index is 12.1. The molecule has 1 amide bonds. The first kappa shape index (κ1) is 18.1. The molecule has 1 N–H and O–H groups in total. The Balaban J connectivity index is 1.54. The number of benzene rings is 2. The van der Waals surface area contributed by atoms with E-state index in [1.165, 1.54) is 24.9 Å². The Labute approximate surface area is 161 Å². The Morgan fingerprint density at radius 1 is 1.22 bits per heavy atom. The second-order valence-electron chi connectivity index (χ2n) is 7.66. The zero-order chi connectivity index (χ0) is 18.8. The minimum atomic E-state index is -0.0314. The van der Waals surface area contributed by atoms with Crippen molar-refractivity contribution in [1.29, 1.82) is 0 Å². The van der Waals surface area contributed by atoms with Gasteiger partial charge in [-0.1, -0.05) is 24.3 Å². The quantitative estimate of drug-likeness (QED) is 0.895. The van der Waals surface area contributed by atoms with Gasteiger partial charge in [-0.15, -0.1) is 0 Å². The van der Waals surface area contributed by atoms with E-state index in [4.69, 9.17) is 4.74 Å². The highest BCUT2D eigenvalue weighted by atomic mass is 16.5. The van der Waals surface area contributed by atoms with Gasteiger partial charge in [0.2, 0.25) is 0 Å². The van der Waals surface area contributed by atoms with Crippen molar-refractivity contribution >= 4 is 5.91 Å². The Hall–Kier alpha value is -2.33. The van der Waals surface area contributed by atoms with Crippen molar-refractivity contribution in [2.24, 2.45) is 0 Å². The van der Waals surface area contributed by atoms with Gasteiger partial charge in [-0.05, 0) is 74.5 Å². The summed E-state index contributed by atoms with van der Waals surface area (Å²) >= 11 is 0. The number of likely N-dealkylation sites (tertiary alicyclic amines) is 1. The number of ether oxygens (including phenoxy) is 1. The molecule has 4 heteroatoms. The topological polar surface area (TPSA) is 41.6 Å². The molecule has 0 aromatic heterocycles. The Morgan fingerprint density at radius 2 is 2.07 bits per heavy atom. The summed E-state index contributed by atoms with van der Waals surface area (Å²) in [6.07, 6.45) is 3.65. The van der Waals surface area contributed by atoms with E-state index in [1.54, 1.807) is 0 Å². The predicted octanol–water partition coefficient (Wildman–Crippen LogP) is 3.89. The number of rotatable bonds is 4. The molecule has 0 aliphatic carbocycles. The van der Waals surface area contributed by atoms with E-state index >= 15 is 0 Å². The van der Waals surface area contributed by atoms with Gasteiger partial charge >= 0.3 is 0 Å². The van der Waals surface area contributed by atoms with Crippen LogP contribution in [0.3, 0.4) is 0 Å². The van der Waals surface area contributed by atoms with Crippen molar-refractivity contribution in [3.8, 4) is 16.9 Å². The summed E-state index contributed by atoms with van der Waals surface area (Å²) < 4.78 is 6.15.